The van der Waals surface area contributed by atoms with Gasteiger partial charge in [-0.15, -0.1) is 0 Å². The molecule has 2 aromatic carbocycles. The largest absolute Gasteiger partial charge is 0.347 e. The second-order valence-electron chi connectivity index (χ2n) is 7.94. The zero-order valence-corrected chi connectivity index (χ0v) is 18.0. The maximum atomic E-state index is 12.7. The molecule has 1 heterocycles. The monoisotopic (exact) mass is 406 g/mol. The highest BCUT2D eigenvalue weighted by Gasteiger charge is 2.24. The maximum absolute atomic E-state index is 12.7. The summed E-state index contributed by atoms with van der Waals surface area (Å²) < 4.78 is 0. The van der Waals surface area contributed by atoms with Gasteiger partial charge in [-0.3, -0.25) is 14.5 Å². The molecule has 2 aromatic rings. The number of hydrogen-bond acceptors (Lipinski definition) is 4. The molecular weight excluding hydrogens is 376 g/mol. The SMILES string of the molecule is CC(C)N(C)Cc1ccccc1CNC(=O)C1=NN(Cc2ccccc2)C(=O)CC1. The highest BCUT2D eigenvalue weighted by molar-refractivity contribution is 6.39. The Labute approximate surface area is 178 Å². The smallest absolute Gasteiger partial charge is 0.267 e. The Morgan fingerprint density at radius 2 is 1.73 bits per heavy atom. The zero-order valence-electron chi connectivity index (χ0n) is 18.0. The topological polar surface area (TPSA) is 65.0 Å². The van der Waals surface area contributed by atoms with E-state index in [0.29, 0.717) is 37.7 Å². The van der Waals surface area contributed by atoms with E-state index in [9.17, 15) is 9.59 Å². The number of rotatable bonds is 8. The maximum Gasteiger partial charge on any atom is 0.267 e. The summed E-state index contributed by atoms with van der Waals surface area (Å²) in [5.74, 6) is -0.273. The van der Waals surface area contributed by atoms with E-state index in [1.807, 2.05) is 48.5 Å². The van der Waals surface area contributed by atoms with Gasteiger partial charge in [0.25, 0.3) is 5.91 Å². The Balaban J connectivity index is 1.65. The summed E-state index contributed by atoms with van der Waals surface area (Å²) in [5, 5.41) is 8.73. The third-order valence-corrected chi connectivity index (χ3v) is 5.40. The fourth-order valence-corrected chi connectivity index (χ4v) is 3.26. The minimum absolute atomic E-state index is 0.0579. The Hall–Kier alpha value is -2.99. The summed E-state index contributed by atoms with van der Waals surface area (Å²) in [5.41, 5.74) is 3.68. The van der Waals surface area contributed by atoms with Crippen LogP contribution in [0.1, 0.15) is 43.4 Å². The summed E-state index contributed by atoms with van der Waals surface area (Å²) in [7, 11) is 2.09. The lowest BCUT2D eigenvalue weighted by Gasteiger charge is -2.24. The van der Waals surface area contributed by atoms with Crippen LogP contribution >= 0.6 is 0 Å². The summed E-state index contributed by atoms with van der Waals surface area (Å²) in [6.45, 7) is 5.96. The lowest BCUT2D eigenvalue weighted by molar-refractivity contribution is -0.132. The number of nitrogens with one attached hydrogen (secondary N) is 1. The third kappa shape index (κ3) is 5.76. The lowest BCUT2D eigenvalue weighted by atomic mass is 10.1. The average Bonchev–Trinajstić information content (AvgIpc) is 2.75. The van der Waals surface area contributed by atoms with Crippen LogP contribution in [-0.4, -0.2) is 40.5 Å². The van der Waals surface area contributed by atoms with Crippen LogP contribution in [0.2, 0.25) is 0 Å². The molecule has 0 unspecified atom stereocenters. The van der Waals surface area contributed by atoms with Crippen molar-refractivity contribution in [3.05, 3.63) is 71.3 Å². The van der Waals surface area contributed by atoms with Crippen molar-refractivity contribution in [3.63, 3.8) is 0 Å². The summed E-state index contributed by atoms with van der Waals surface area (Å²) in [4.78, 5) is 27.2. The Morgan fingerprint density at radius 3 is 2.43 bits per heavy atom. The second kappa shape index (κ2) is 10.2. The van der Waals surface area contributed by atoms with Crippen molar-refractivity contribution in [1.29, 1.82) is 0 Å². The first-order valence-corrected chi connectivity index (χ1v) is 10.4. The molecule has 0 aliphatic carbocycles. The Morgan fingerprint density at radius 1 is 1.07 bits per heavy atom. The number of benzene rings is 2. The van der Waals surface area contributed by atoms with Crippen LogP contribution in [0.4, 0.5) is 0 Å². The molecule has 1 N–H and O–H groups in total. The lowest BCUT2D eigenvalue weighted by Crippen LogP contribution is -2.38. The molecule has 0 saturated carbocycles. The van der Waals surface area contributed by atoms with Gasteiger partial charge in [-0.25, -0.2) is 5.01 Å². The molecule has 0 saturated heterocycles. The zero-order chi connectivity index (χ0) is 21.5. The molecule has 6 nitrogen and oxygen atoms in total. The van der Waals surface area contributed by atoms with Crippen molar-refractivity contribution < 1.29 is 9.59 Å². The molecule has 3 rings (SSSR count). The number of carbonyl (C=O) groups excluding carboxylic acids is 2. The predicted molar refractivity (Wildman–Crippen MR) is 119 cm³/mol. The predicted octanol–water partition coefficient (Wildman–Crippen LogP) is 3.32. The van der Waals surface area contributed by atoms with Gasteiger partial charge in [0.2, 0.25) is 5.91 Å². The van der Waals surface area contributed by atoms with E-state index in [0.717, 1.165) is 17.7 Å². The highest BCUT2D eigenvalue weighted by atomic mass is 16.2. The highest BCUT2D eigenvalue weighted by Crippen LogP contribution is 2.15. The average molecular weight is 407 g/mol. The molecule has 30 heavy (non-hydrogen) atoms. The van der Waals surface area contributed by atoms with Crippen LogP contribution < -0.4 is 5.32 Å². The van der Waals surface area contributed by atoms with Gasteiger partial charge in [0, 0.05) is 32.0 Å². The van der Waals surface area contributed by atoms with Crippen LogP contribution in [0.15, 0.2) is 59.7 Å². The summed E-state index contributed by atoms with van der Waals surface area (Å²) in [6, 6.07) is 18.3. The fourth-order valence-electron chi connectivity index (χ4n) is 3.26. The van der Waals surface area contributed by atoms with E-state index < -0.39 is 0 Å². The molecule has 0 fully saturated rings. The van der Waals surface area contributed by atoms with Crippen molar-refractivity contribution in [2.24, 2.45) is 5.10 Å². The number of nitrogens with zero attached hydrogens (tertiary/aromatic N) is 3. The van der Waals surface area contributed by atoms with E-state index >= 15 is 0 Å². The van der Waals surface area contributed by atoms with Crippen molar-refractivity contribution in [3.8, 4) is 0 Å². The molecule has 2 amide bonds. The minimum Gasteiger partial charge on any atom is -0.347 e. The van der Waals surface area contributed by atoms with Gasteiger partial charge in [-0.05, 0) is 37.6 Å². The number of carbonyl (C=O) groups is 2. The first-order valence-electron chi connectivity index (χ1n) is 10.4. The molecule has 158 valence electrons. The van der Waals surface area contributed by atoms with E-state index in [1.54, 1.807) is 0 Å². The standard InChI is InChI=1S/C24H30N4O2/c1-18(2)27(3)17-21-12-8-7-11-20(21)15-25-24(30)22-13-14-23(29)28(26-22)16-19-9-5-4-6-10-19/h4-12,18H,13-17H2,1-3H3,(H,25,30). The van der Waals surface area contributed by atoms with Gasteiger partial charge in [0.1, 0.15) is 5.71 Å². The minimum atomic E-state index is -0.215. The normalized spacial score (nSPS) is 14.2. The molecule has 0 bridgehead atoms. The van der Waals surface area contributed by atoms with Crippen LogP contribution in [0.3, 0.4) is 0 Å². The molecule has 0 atom stereocenters. The Bertz CT molecular complexity index is 908. The van der Waals surface area contributed by atoms with Gasteiger partial charge in [-0.1, -0.05) is 54.6 Å². The van der Waals surface area contributed by atoms with E-state index in [2.05, 4.69) is 42.3 Å². The van der Waals surface area contributed by atoms with Gasteiger partial charge in [-0.2, -0.15) is 5.10 Å². The molecule has 1 aliphatic heterocycles. The van der Waals surface area contributed by atoms with E-state index in [-0.39, 0.29) is 11.8 Å². The van der Waals surface area contributed by atoms with Crippen molar-refractivity contribution in [2.75, 3.05) is 7.05 Å². The first kappa shape index (κ1) is 21.7. The van der Waals surface area contributed by atoms with Crippen LogP contribution in [0.25, 0.3) is 0 Å². The van der Waals surface area contributed by atoms with Gasteiger partial charge in [0.05, 0.1) is 6.54 Å². The van der Waals surface area contributed by atoms with Crippen molar-refractivity contribution in [2.45, 2.75) is 52.4 Å². The van der Waals surface area contributed by atoms with E-state index in [1.165, 1.54) is 10.6 Å². The molecular formula is C24H30N4O2. The van der Waals surface area contributed by atoms with Crippen LogP contribution in [-0.2, 0) is 29.2 Å². The van der Waals surface area contributed by atoms with Gasteiger partial charge in [0.15, 0.2) is 0 Å². The second-order valence-corrected chi connectivity index (χ2v) is 7.94. The van der Waals surface area contributed by atoms with Gasteiger partial charge >= 0.3 is 0 Å². The molecule has 0 aromatic heterocycles. The number of amides is 2. The first-order chi connectivity index (χ1) is 14.4. The van der Waals surface area contributed by atoms with Crippen LogP contribution in [0.5, 0.6) is 0 Å². The number of hydrazone groups is 1. The number of hydrogen-bond donors (Lipinski definition) is 1. The quantitative estimate of drug-likeness (QED) is 0.731. The van der Waals surface area contributed by atoms with Crippen LogP contribution in [0, 0.1) is 0 Å². The molecule has 0 spiro atoms. The molecule has 6 heteroatoms. The van der Waals surface area contributed by atoms with E-state index in [4.69, 9.17) is 0 Å². The molecule has 0 radical (unpaired) electrons. The Kier molecular flexibility index (Phi) is 7.36. The van der Waals surface area contributed by atoms with Crippen molar-refractivity contribution >= 4 is 17.5 Å². The molecule has 1 aliphatic rings. The summed E-state index contributed by atoms with van der Waals surface area (Å²) in [6.07, 6.45) is 0.669. The fraction of sp³-hybridized carbons (Fsp3) is 0.375. The third-order valence-electron chi connectivity index (χ3n) is 5.40. The van der Waals surface area contributed by atoms with Gasteiger partial charge < -0.3 is 5.32 Å². The van der Waals surface area contributed by atoms with Crippen molar-refractivity contribution in [1.82, 2.24) is 15.2 Å². The summed E-state index contributed by atoms with van der Waals surface area (Å²) >= 11 is 0.